The molecule has 2 rings (SSSR count). The molecule has 100 valence electrons. The van der Waals surface area contributed by atoms with Gasteiger partial charge >= 0.3 is 0 Å². The second-order valence-corrected chi connectivity index (χ2v) is 4.72. The lowest BCUT2D eigenvalue weighted by molar-refractivity contribution is 0.0920. The van der Waals surface area contributed by atoms with Crippen LogP contribution in [0.15, 0.2) is 42.5 Å². The Hall–Kier alpha value is -2.31. The molecule has 0 saturated carbocycles. The zero-order valence-corrected chi connectivity index (χ0v) is 11.6. The lowest BCUT2D eigenvalue weighted by Crippen LogP contribution is -2.13. The van der Waals surface area contributed by atoms with Crippen LogP contribution in [0, 0.1) is 18.3 Å². The lowest BCUT2D eigenvalue weighted by Gasteiger charge is -2.09. The van der Waals surface area contributed by atoms with Crippen molar-refractivity contribution in [3.63, 3.8) is 0 Å². The zero-order chi connectivity index (χ0) is 14.5. The summed E-state index contributed by atoms with van der Waals surface area (Å²) in [6.07, 6.45) is 0. The fraction of sp³-hybridized carbons (Fsp3) is 0.125. The van der Waals surface area contributed by atoms with Crippen molar-refractivity contribution < 1.29 is 9.53 Å². The van der Waals surface area contributed by atoms with Crippen LogP contribution in [0.4, 0.5) is 0 Å². The molecule has 4 heteroatoms. The van der Waals surface area contributed by atoms with Gasteiger partial charge in [0.2, 0.25) is 0 Å². The van der Waals surface area contributed by atoms with Gasteiger partial charge in [-0.1, -0.05) is 35.9 Å². The molecule has 0 amide bonds. The minimum Gasteiger partial charge on any atom is -0.484 e. The summed E-state index contributed by atoms with van der Waals surface area (Å²) < 4.78 is 5.42. The molecule has 0 atom stereocenters. The van der Waals surface area contributed by atoms with Crippen LogP contribution in [0.2, 0.25) is 5.02 Å². The van der Waals surface area contributed by atoms with Crippen LogP contribution in [0.3, 0.4) is 0 Å². The molecular weight excluding hydrogens is 274 g/mol. The number of ether oxygens (including phenoxy) is 1. The van der Waals surface area contributed by atoms with Crippen LogP contribution < -0.4 is 4.74 Å². The summed E-state index contributed by atoms with van der Waals surface area (Å²) in [7, 11) is 0. The Labute approximate surface area is 122 Å². The normalized spacial score (nSPS) is 9.85. The van der Waals surface area contributed by atoms with E-state index in [2.05, 4.69) is 0 Å². The van der Waals surface area contributed by atoms with Gasteiger partial charge in [0.05, 0.1) is 5.56 Å². The molecule has 0 aliphatic rings. The van der Waals surface area contributed by atoms with Crippen LogP contribution in [-0.4, -0.2) is 12.4 Å². The topological polar surface area (TPSA) is 50.1 Å². The Kier molecular flexibility index (Phi) is 4.39. The minimum atomic E-state index is -0.132. The van der Waals surface area contributed by atoms with Crippen LogP contribution in [-0.2, 0) is 0 Å². The molecule has 0 unspecified atom stereocenters. The predicted molar refractivity (Wildman–Crippen MR) is 77.2 cm³/mol. The van der Waals surface area contributed by atoms with E-state index in [9.17, 15) is 4.79 Å². The number of nitriles is 1. The van der Waals surface area contributed by atoms with Gasteiger partial charge in [0.1, 0.15) is 11.8 Å². The highest BCUT2D eigenvalue weighted by molar-refractivity contribution is 6.30. The lowest BCUT2D eigenvalue weighted by atomic mass is 10.1. The molecule has 2 aromatic rings. The van der Waals surface area contributed by atoms with Gasteiger partial charge in [-0.2, -0.15) is 5.26 Å². The van der Waals surface area contributed by atoms with Gasteiger partial charge in [-0.3, -0.25) is 4.79 Å². The third-order valence-electron chi connectivity index (χ3n) is 2.87. The number of Topliss-reactive ketones (excluding diaryl/α,β-unsaturated/α-hetero) is 1. The number of carbonyl (C=O) groups is 1. The molecule has 0 spiro atoms. The van der Waals surface area contributed by atoms with E-state index < -0.39 is 0 Å². The average Bonchev–Trinajstić information content (AvgIpc) is 2.45. The first-order valence-corrected chi connectivity index (χ1v) is 6.41. The second-order valence-electron chi connectivity index (χ2n) is 4.28. The van der Waals surface area contributed by atoms with E-state index in [4.69, 9.17) is 21.6 Å². The Morgan fingerprint density at radius 1 is 1.30 bits per heavy atom. The molecule has 0 heterocycles. The van der Waals surface area contributed by atoms with Crippen molar-refractivity contribution in [2.24, 2.45) is 0 Å². The van der Waals surface area contributed by atoms with E-state index in [-0.39, 0.29) is 12.4 Å². The van der Waals surface area contributed by atoms with Crippen molar-refractivity contribution in [3.05, 3.63) is 64.2 Å². The summed E-state index contributed by atoms with van der Waals surface area (Å²) in [5, 5.41) is 9.44. The number of carbonyl (C=O) groups excluding carboxylic acids is 1. The molecule has 2 aromatic carbocycles. The number of aryl methyl sites for hydroxylation is 1. The molecule has 20 heavy (non-hydrogen) atoms. The van der Waals surface area contributed by atoms with E-state index >= 15 is 0 Å². The summed E-state index contributed by atoms with van der Waals surface area (Å²) in [6.45, 7) is 1.74. The molecule has 0 saturated heterocycles. The number of benzene rings is 2. The number of hydrogen-bond acceptors (Lipinski definition) is 3. The van der Waals surface area contributed by atoms with E-state index in [1.807, 2.05) is 25.1 Å². The maximum absolute atomic E-state index is 12.1. The minimum absolute atomic E-state index is 0.125. The van der Waals surface area contributed by atoms with Crippen LogP contribution in [0.1, 0.15) is 21.5 Å². The maximum atomic E-state index is 12.1. The summed E-state index contributed by atoms with van der Waals surface area (Å²) in [6, 6.07) is 14.0. The van der Waals surface area contributed by atoms with E-state index in [1.54, 1.807) is 24.3 Å². The summed E-state index contributed by atoms with van der Waals surface area (Å²) in [5.74, 6) is 0.189. The molecule has 0 radical (unpaired) electrons. The molecular formula is C16H12ClNO2. The van der Waals surface area contributed by atoms with Gasteiger partial charge in [-0.05, 0) is 24.6 Å². The fourth-order valence-electron chi connectivity index (χ4n) is 1.81. The van der Waals surface area contributed by atoms with Crippen molar-refractivity contribution in [1.82, 2.24) is 0 Å². The molecule has 3 nitrogen and oxygen atoms in total. The number of nitrogens with zero attached hydrogens (tertiary/aromatic N) is 1. The Bertz CT molecular complexity index is 689. The quantitative estimate of drug-likeness (QED) is 0.803. The van der Waals surface area contributed by atoms with Crippen molar-refractivity contribution in [3.8, 4) is 11.8 Å². The highest BCUT2D eigenvalue weighted by Crippen LogP contribution is 2.23. The number of ketones is 1. The largest absolute Gasteiger partial charge is 0.484 e. The highest BCUT2D eigenvalue weighted by Gasteiger charge is 2.11. The fourth-order valence-corrected chi connectivity index (χ4v) is 1.98. The second kappa shape index (κ2) is 6.23. The SMILES string of the molecule is Cc1ccccc1C(=O)COc1cc(Cl)ccc1C#N. The number of hydrogen-bond donors (Lipinski definition) is 0. The Balaban J connectivity index is 2.14. The van der Waals surface area contributed by atoms with Gasteiger partial charge in [0.15, 0.2) is 12.4 Å². The Morgan fingerprint density at radius 3 is 2.75 bits per heavy atom. The molecule has 0 aliphatic heterocycles. The van der Waals surface area contributed by atoms with Crippen molar-refractivity contribution in [2.75, 3.05) is 6.61 Å². The number of rotatable bonds is 4. The van der Waals surface area contributed by atoms with Gasteiger partial charge < -0.3 is 4.74 Å². The summed E-state index contributed by atoms with van der Waals surface area (Å²) >= 11 is 5.86. The first-order valence-electron chi connectivity index (χ1n) is 6.03. The van der Waals surface area contributed by atoms with Crippen molar-refractivity contribution in [2.45, 2.75) is 6.92 Å². The molecule has 0 aromatic heterocycles. The smallest absolute Gasteiger partial charge is 0.200 e. The van der Waals surface area contributed by atoms with Crippen molar-refractivity contribution in [1.29, 1.82) is 5.26 Å². The molecule has 0 bridgehead atoms. The third kappa shape index (κ3) is 3.17. The Morgan fingerprint density at radius 2 is 2.05 bits per heavy atom. The van der Waals surface area contributed by atoms with Crippen LogP contribution in [0.25, 0.3) is 0 Å². The first kappa shape index (κ1) is 14.1. The predicted octanol–water partition coefficient (Wildman–Crippen LogP) is 3.78. The number of halogens is 1. The maximum Gasteiger partial charge on any atom is 0.200 e. The zero-order valence-electron chi connectivity index (χ0n) is 10.9. The van der Waals surface area contributed by atoms with Crippen LogP contribution >= 0.6 is 11.6 Å². The standard InChI is InChI=1S/C16H12ClNO2/c1-11-4-2-3-5-14(11)15(19)10-20-16-8-13(17)7-6-12(16)9-18/h2-8H,10H2,1H3. The van der Waals surface area contributed by atoms with Gasteiger partial charge in [-0.15, -0.1) is 0 Å². The molecule has 0 fully saturated rings. The summed E-state index contributed by atoms with van der Waals surface area (Å²) in [4.78, 5) is 12.1. The van der Waals surface area contributed by atoms with Gasteiger partial charge in [0.25, 0.3) is 0 Å². The van der Waals surface area contributed by atoms with E-state index in [0.29, 0.717) is 21.9 Å². The third-order valence-corrected chi connectivity index (χ3v) is 3.10. The molecule has 0 aliphatic carbocycles. The highest BCUT2D eigenvalue weighted by atomic mass is 35.5. The van der Waals surface area contributed by atoms with E-state index in [1.165, 1.54) is 6.07 Å². The summed E-state index contributed by atoms with van der Waals surface area (Å²) in [5.41, 5.74) is 1.87. The monoisotopic (exact) mass is 285 g/mol. The average molecular weight is 286 g/mol. The van der Waals surface area contributed by atoms with Gasteiger partial charge in [-0.25, -0.2) is 0 Å². The first-order chi connectivity index (χ1) is 9.61. The molecule has 0 N–H and O–H groups in total. The van der Waals surface area contributed by atoms with Crippen molar-refractivity contribution >= 4 is 17.4 Å². The van der Waals surface area contributed by atoms with Gasteiger partial charge in [0, 0.05) is 16.7 Å². The van der Waals surface area contributed by atoms with E-state index in [0.717, 1.165) is 5.56 Å². The van der Waals surface area contributed by atoms with Crippen LogP contribution in [0.5, 0.6) is 5.75 Å².